The van der Waals surface area contributed by atoms with Gasteiger partial charge in [-0.1, -0.05) is 29.8 Å². The molecule has 0 heterocycles. The van der Waals surface area contributed by atoms with E-state index in [4.69, 9.17) is 4.74 Å². The molecule has 1 unspecified atom stereocenters. The molecule has 0 saturated heterocycles. The first-order chi connectivity index (χ1) is 10.4. The SMILES string of the molecule is COc1ccc(C)cc1C(C)NCc1cc(C)c(C)cc1C. The minimum Gasteiger partial charge on any atom is -0.496 e. The largest absolute Gasteiger partial charge is 0.496 e. The van der Waals surface area contributed by atoms with Crippen molar-refractivity contribution in [3.8, 4) is 5.75 Å². The minimum atomic E-state index is 0.246. The number of hydrogen-bond acceptors (Lipinski definition) is 2. The highest BCUT2D eigenvalue weighted by Crippen LogP contribution is 2.26. The molecule has 2 rings (SSSR count). The average Bonchev–Trinajstić information content (AvgIpc) is 2.49. The van der Waals surface area contributed by atoms with Crippen LogP contribution in [0.15, 0.2) is 30.3 Å². The third kappa shape index (κ3) is 3.69. The summed E-state index contributed by atoms with van der Waals surface area (Å²) in [5.41, 5.74) is 7.88. The fourth-order valence-electron chi connectivity index (χ4n) is 2.78. The lowest BCUT2D eigenvalue weighted by Gasteiger charge is -2.19. The van der Waals surface area contributed by atoms with E-state index < -0.39 is 0 Å². The maximum atomic E-state index is 5.49. The smallest absolute Gasteiger partial charge is 0.123 e. The maximum Gasteiger partial charge on any atom is 0.123 e. The summed E-state index contributed by atoms with van der Waals surface area (Å²) in [4.78, 5) is 0. The first kappa shape index (κ1) is 16.6. The first-order valence-electron chi connectivity index (χ1n) is 7.87. The minimum absolute atomic E-state index is 0.246. The lowest BCUT2D eigenvalue weighted by Crippen LogP contribution is -2.19. The standard InChI is InChI=1S/C20H27NO/c1-13-7-8-20(22-6)19(9-13)17(5)21-12-18-11-15(3)14(2)10-16(18)4/h7-11,17,21H,12H2,1-6H3. The van der Waals surface area contributed by atoms with Gasteiger partial charge in [0, 0.05) is 18.2 Å². The van der Waals surface area contributed by atoms with Gasteiger partial charge in [0.1, 0.15) is 5.75 Å². The Morgan fingerprint density at radius 3 is 2.32 bits per heavy atom. The molecule has 0 aliphatic rings. The molecule has 0 spiro atoms. The van der Waals surface area contributed by atoms with Crippen LogP contribution in [0.4, 0.5) is 0 Å². The van der Waals surface area contributed by atoms with Crippen LogP contribution in [0.1, 0.15) is 46.3 Å². The summed E-state index contributed by atoms with van der Waals surface area (Å²) in [5.74, 6) is 0.947. The highest BCUT2D eigenvalue weighted by Gasteiger charge is 2.12. The summed E-state index contributed by atoms with van der Waals surface area (Å²) in [6.07, 6.45) is 0. The highest BCUT2D eigenvalue weighted by atomic mass is 16.5. The Balaban J connectivity index is 2.15. The number of hydrogen-bond donors (Lipinski definition) is 1. The predicted molar refractivity (Wildman–Crippen MR) is 93.6 cm³/mol. The maximum absolute atomic E-state index is 5.49. The van der Waals surface area contributed by atoms with E-state index in [2.05, 4.69) is 64.2 Å². The Labute approximate surface area is 134 Å². The van der Waals surface area contributed by atoms with Crippen LogP contribution < -0.4 is 10.1 Å². The number of rotatable bonds is 5. The molecule has 2 heteroatoms. The van der Waals surface area contributed by atoms with Gasteiger partial charge in [-0.3, -0.25) is 0 Å². The molecule has 0 radical (unpaired) electrons. The average molecular weight is 297 g/mol. The van der Waals surface area contributed by atoms with Crippen LogP contribution in [0.3, 0.4) is 0 Å². The number of nitrogens with one attached hydrogen (secondary N) is 1. The van der Waals surface area contributed by atoms with Crippen molar-refractivity contribution in [1.29, 1.82) is 0 Å². The van der Waals surface area contributed by atoms with Crippen molar-refractivity contribution in [2.75, 3.05) is 7.11 Å². The molecule has 1 atom stereocenters. The van der Waals surface area contributed by atoms with Gasteiger partial charge >= 0.3 is 0 Å². The third-order valence-corrected chi connectivity index (χ3v) is 4.40. The third-order valence-electron chi connectivity index (χ3n) is 4.40. The Morgan fingerprint density at radius 1 is 0.955 bits per heavy atom. The number of benzene rings is 2. The van der Waals surface area contributed by atoms with E-state index in [1.165, 1.54) is 33.4 Å². The van der Waals surface area contributed by atoms with E-state index >= 15 is 0 Å². The zero-order chi connectivity index (χ0) is 16.3. The Bertz CT molecular complexity index is 661. The Hall–Kier alpha value is -1.80. The van der Waals surface area contributed by atoms with Crippen LogP contribution >= 0.6 is 0 Å². The van der Waals surface area contributed by atoms with E-state index in [0.717, 1.165) is 12.3 Å². The van der Waals surface area contributed by atoms with Crippen LogP contribution in [-0.4, -0.2) is 7.11 Å². The molecule has 0 amide bonds. The van der Waals surface area contributed by atoms with Gasteiger partial charge in [-0.15, -0.1) is 0 Å². The second kappa shape index (κ2) is 6.97. The molecule has 0 saturated carbocycles. The summed E-state index contributed by atoms with van der Waals surface area (Å²) in [5, 5.41) is 3.62. The fraction of sp³-hybridized carbons (Fsp3) is 0.400. The normalized spacial score (nSPS) is 12.3. The lowest BCUT2D eigenvalue weighted by atomic mass is 10.00. The van der Waals surface area contributed by atoms with Crippen LogP contribution in [0, 0.1) is 27.7 Å². The van der Waals surface area contributed by atoms with Gasteiger partial charge < -0.3 is 10.1 Å². The summed E-state index contributed by atoms with van der Waals surface area (Å²) in [6.45, 7) is 11.7. The zero-order valence-electron chi connectivity index (χ0n) is 14.6. The zero-order valence-corrected chi connectivity index (χ0v) is 14.6. The molecule has 2 aromatic rings. The summed E-state index contributed by atoms with van der Waals surface area (Å²) in [7, 11) is 1.73. The number of methoxy groups -OCH3 is 1. The molecular formula is C20H27NO. The molecule has 2 aromatic carbocycles. The molecule has 22 heavy (non-hydrogen) atoms. The van der Waals surface area contributed by atoms with Crippen molar-refractivity contribution in [3.05, 3.63) is 63.7 Å². The van der Waals surface area contributed by atoms with Crippen LogP contribution in [-0.2, 0) is 6.54 Å². The van der Waals surface area contributed by atoms with Crippen LogP contribution in [0.2, 0.25) is 0 Å². The summed E-state index contributed by atoms with van der Waals surface area (Å²) in [6, 6.07) is 11.1. The van der Waals surface area contributed by atoms with Crippen molar-refractivity contribution >= 4 is 0 Å². The second-order valence-electron chi connectivity index (χ2n) is 6.21. The van der Waals surface area contributed by atoms with E-state index in [9.17, 15) is 0 Å². The Morgan fingerprint density at radius 2 is 1.64 bits per heavy atom. The van der Waals surface area contributed by atoms with Crippen molar-refractivity contribution in [2.24, 2.45) is 0 Å². The van der Waals surface area contributed by atoms with Gasteiger partial charge in [0.2, 0.25) is 0 Å². The van der Waals surface area contributed by atoms with Gasteiger partial charge in [-0.2, -0.15) is 0 Å². The van der Waals surface area contributed by atoms with Gasteiger partial charge in [-0.05, 0) is 62.9 Å². The van der Waals surface area contributed by atoms with E-state index in [1.807, 2.05) is 6.07 Å². The van der Waals surface area contributed by atoms with Gasteiger partial charge in [0.05, 0.1) is 7.11 Å². The highest BCUT2D eigenvalue weighted by molar-refractivity contribution is 5.39. The molecule has 0 aliphatic carbocycles. The molecule has 0 aromatic heterocycles. The molecule has 118 valence electrons. The second-order valence-corrected chi connectivity index (χ2v) is 6.21. The van der Waals surface area contributed by atoms with Gasteiger partial charge in [0.15, 0.2) is 0 Å². The molecule has 0 aliphatic heterocycles. The monoisotopic (exact) mass is 297 g/mol. The van der Waals surface area contributed by atoms with E-state index in [0.29, 0.717) is 0 Å². The predicted octanol–water partition coefficient (Wildman–Crippen LogP) is 4.78. The van der Waals surface area contributed by atoms with Crippen molar-refractivity contribution < 1.29 is 4.74 Å². The van der Waals surface area contributed by atoms with Crippen molar-refractivity contribution in [1.82, 2.24) is 5.32 Å². The summed E-state index contributed by atoms with van der Waals surface area (Å²) < 4.78 is 5.49. The van der Waals surface area contributed by atoms with Gasteiger partial charge in [-0.25, -0.2) is 0 Å². The summed E-state index contributed by atoms with van der Waals surface area (Å²) >= 11 is 0. The van der Waals surface area contributed by atoms with E-state index in [1.54, 1.807) is 7.11 Å². The molecule has 1 N–H and O–H groups in total. The fourth-order valence-corrected chi connectivity index (χ4v) is 2.78. The molecule has 0 bridgehead atoms. The Kier molecular flexibility index (Phi) is 5.25. The van der Waals surface area contributed by atoms with Gasteiger partial charge in [0.25, 0.3) is 0 Å². The lowest BCUT2D eigenvalue weighted by molar-refractivity contribution is 0.401. The van der Waals surface area contributed by atoms with Crippen LogP contribution in [0.5, 0.6) is 5.75 Å². The number of ether oxygens (including phenoxy) is 1. The van der Waals surface area contributed by atoms with Crippen molar-refractivity contribution in [3.63, 3.8) is 0 Å². The van der Waals surface area contributed by atoms with Crippen molar-refractivity contribution in [2.45, 2.75) is 47.2 Å². The number of aryl methyl sites for hydroxylation is 4. The first-order valence-corrected chi connectivity index (χ1v) is 7.87. The van der Waals surface area contributed by atoms with E-state index in [-0.39, 0.29) is 6.04 Å². The molecule has 0 fully saturated rings. The van der Waals surface area contributed by atoms with Crippen LogP contribution in [0.25, 0.3) is 0 Å². The molecule has 2 nitrogen and oxygen atoms in total. The molecular weight excluding hydrogens is 270 g/mol. The quantitative estimate of drug-likeness (QED) is 0.857. The topological polar surface area (TPSA) is 21.3 Å².